The van der Waals surface area contributed by atoms with Gasteiger partial charge in [0.1, 0.15) is 0 Å². The van der Waals surface area contributed by atoms with E-state index < -0.39 is 6.61 Å². The molecule has 0 N–H and O–H groups in total. The second-order valence-electron chi connectivity index (χ2n) is 6.08. The normalized spacial score (nSPS) is 10.6. The Morgan fingerprint density at radius 1 is 1.15 bits per heavy atom. The number of halogens is 2. The molecule has 0 atom stereocenters. The lowest BCUT2D eigenvalue weighted by Gasteiger charge is -2.27. The molecular formula is C20H20F2N2O3. The highest BCUT2D eigenvalue weighted by Gasteiger charge is 2.21. The molecule has 0 aliphatic heterocycles. The fourth-order valence-corrected chi connectivity index (χ4v) is 2.53. The maximum atomic E-state index is 12.9. The van der Waals surface area contributed by atoms with Gasteiger partial charge in [0.05, 0.1) is 18.7 Å². The van der Waals surface area contributed by atoms with Crippen molar-refractivity contribution in [2.75, 3.05) is 7.11 Å². The zero-order valence-electron chi connectivity index (χ0n) is 15.3. The summed E-state index contributed by atoms with van der Waals surface area (Å²) in [7, 11) is 1.32. The summed E-state index contributed by atoms with van der Waals surface area (Å²) >= 11 is 0. The van der Waals surface area contributed by atoms with Crippen molar-refractivity contribution in [1.82, 2.24) is 4.90 Å². The fourth-order valence-electron chi connectivity index (χ4n) is 2.53. The van der Waals surface area contributed by atoms with Crippen molar-refractivity contribution in [3.63, 3.8) is 0 Å². The van der Waals surface area contributed by atoms with E-state index in [1.54, 1.807) is 29.2 Å². The smallest absolute Gasteiger partial charge is 0.387 e. The van der Waals surface area contributed by atoms with Crippen molar-refractivity contribution in [3.8, 4) is 17.6 Å². The highest BCUT2D eigenvalue weighted by atomic mass is 19.3. The van der Waals surface area contributed by atoms with E-state index in [0.29, 0.717) is 17.7 Å². The van der Waals surface area contributed by atoms with Gasteiger partial charge >= 0.3 is 6.61 Å². The maximum absolute atomic E-state index is 12.9. The lowest BCUT2D eigenvalue weighted by atomic mass is 10.1. The fraction of sp³-hybridized carbons (Fsp3) is 0.300. The van der Waals surface area contributed by atoms with Crippen LogP contribution in [0.2, 0.25) is 0 Å². The molecule has 0 unspecified atom stereocenters. The molecule has 7 heteroatoms. The number of nitrogens with zero attached hydrogens (tertiary/aromatic N) is 2. The van der Waals surface area contributed by atoms with Gasteiger partial charge in [-0.15, -0.1) is 0 Å². The molecule has 0 spiro atoms. The molecule has 2 aromatic carbocycles. The van der Waals surface area contributed by atoms with Crippen LogP contribution in [0, 0.1) is 11.3 Å². The molecule has 0 fully saturated rings. The van der Waals surface area contributed by atoms with Crippen LogP contribution in [-0.4, -0.2) is 30.6 Å². The molecule has 0 radical (unpaired) electrons. The van der Waals surface area contributed by atoms with Gasteiger partial charge in [-0.3, -0.25) is 4.79 Å². The Labute approximate surface area is 156 Å². The third kappa shape index (κ3) is 5.17. The molecule has 2 rings (SSSR count). The SMILES string of the molecule is COc1cc(C(=O)N(Cc2ccc(C#N)cc2)C(C)C)ccc1OC(F)F. The summed E-state index contributed by atoms with van der Waals surface area (Å²) in [6, 6.07) is 13.0. The first-order valence-corrected chi connectivity index (χ1v) is 8.28. The molecule has 27 heavy (non-hydrogen) atoms. The second kappa shape index (κ2) is 8.99. The summed E-state index contributed by atoms with van der Waals surface area (Å²) in [5.41, 5.74) is 1.72. The van der Waals surface area contributed by atoms with Crippen LogP contribution in [0.25, 0.3) is 0 Å². The summed E-state index contributed by atoms with van der Waals surface area (Å²) in [5, 5.41) is 8.88. The highest BCUT2D eigenvalue weighted by molar-refractivity contribution is 5.95. The van der Waals surface area contributed by atoms with Gasteiger partial charge in [0.15, 0.2) is 11.5 Å². The zero-order valence-corrected chi connectivity index (χ0v) is 15.3. The average molecular weight is 374 g/mol. The van der Waals surface area contributed by atoms with E-state index in [2.05, 4.69) is 10.8 Å². The third-order valence-corrected chi connectivity index (χ3v) is 3.95. The van der Waals surface area contributed by atoms with Crippen molar-refractivity contribution in [2.24, 2.45) is 0 Å². The predicted molar refractivity (Wildman–Crippen MR) is 95.8 cm³/mol. The molecule has 1 amide bonds. The maximum Gasteiger partial charge on any atom is 0.387 e. The Kier molecular flexibility index (Phi) is 6.72. The Hall–Kier alpha value is -3.14. The predicted octanol–water partition coefficient (Wildman–Crippen LogP) is 4.22. The van der Waals surface area contributed by atoms with Gasteiger partial charge in [-0.2, -0.15) is 14.0 Å². The van der Waals surface area contributed by atoms with Crippen LogP contribution < -0.4 is 9.47 Å². The van der Waals surface area contributed by atoms with Gasteiger partial charge in [-0.05, 0) is 49.7 Å². The molecular weight excluding hydrogens is 354 g/mol. The number of benzene rings is 2. The monoisotopic (exact) mass is 374 g/mol. The summed E-state index contributed by atoms with van der Waals surface area (Å²) < 4.78 is 34.4. The lowest BCUT2D eigenvalue weighted by Crippen LogP contribution is -2.36. The molecule has 142 valence electrons. The molecule has 0 saturated carbocycles. The number of carbonyl (C=O) groups is 1. The van der Waals surface area contributed by atoms with Crippen LogP contribution in [-0.2, 0) is 6.54 Å². The molecule has 2 aromatic rings. The van der Waals surface area contributed by atoms with E-state index in [4.69, 9.17) is 10.00 Å². The first-order valence-electron chi connectivity index (χ1n) is 8.28. The van der Waals surface area contributed by atoms with Crippen molar-refractivity contribution in [2.45, 2.75) is 33.0 Å². The third-order valence-electron chi connectivity index (χ3n) is 3.95. The molecule has 5 nitrogen and oxygen atoms in total. The van der Waals surface area contributed by atoms with Crippen LogP contribution >= 0.6 is 0 Å². The molecule has 0 aliphatic rings. The number of carbonyl (C=O) groups excluding carboxylic acids is 1. The molecule has 0 heterocycles. The van der Waals surface area contributed by atoms with Crippen LogP contribution in [0.1, 0.15) is 35.3 Å². The number of methoxy groups -OCH3 is 1. The number of nitriles is 1. The number of ether oxygens (including phenoxy) is 2. The van der Waals surface area contributed by atoms with Crippen molar-refractivity contribution < 1.29 is 23.0 Å². The lowest BCUT2D eigenvalue weighted by molar-refractivity contribution is -0.0512. The van der Waals surface area contributed by atoms with Gasteiger partial charge in [-0.1, -0.05) is 12.1 Å². The Balaban J connectivity index is 2.26. The first kappa shape index (κ1) is 20.2. The van der Waals surface area contributed by atoms with Crippen LogP contribution in [0.3, 0.4) is 0 Å². The van der Waals surface area contributed by atoms with E-state index in [9.17, 15) is 13.6 Å². The number of amides is 1. The number of hydrogen-bond acceptors (Lipinski definition) is 4. The summed E-state index contributed by atoms with van der Waals surface area (Å²) in [5.74, 6) is -0.341. The molecule has 0 bridgehead atoms. The Morgan fingerprint density at radius 2 is 1.81 bits per heavy atom. The Bertz CT molecular complexity index is 830. The quantitative estimate of drug-likeness (QED) is 0.728. The minimum atomic E-state index is -2.98. The van der Waals surface area contributed by atoms with Crippen LogP contribution in [0.4, 0.5) is 8.78 Å². The zero-order chi connectivity index (χ0) is 20.0. The largest absolute Gasteiger partial charge is 0.493 e. The average Bonchev–Trinajstić information content (AvgIpc) is 2.65. The van der Waals surface area contributed by atoms with Crippen LogP contribution in [0.15, 0.2) is 42.5 Å². The summed E-state index contributed by atoms with van der Waals surface area (Å²) in [6.45, 7) is 1.13. The van der Waals surface area contributed by atoms with Gasteiger partial charge in [-0.25, -0.2) is 0 Å². The van der Waals surface area contributed by atoms with Gasteiger partial charge < -0.3 is 14.4 Å². The molecule has 0 aromatic heterocycles. The van der Waals surface area contributed by atoms with Gasteiger partial charge in [0, 0.05) is 18.2 Å². The summed E-state index contributed by atoms with van der Waals surface area (Å²) in [4.78, 5) is 14.6. The van der Waals surface area contributed by atoms with Gasteiger partial charge in [0.25, 0.3) is 5.91 Å². The first-order chi connectivity index (χ1) is 12.8. The van der Waals surface area contributed by atoms with E-state index in [1.807, 2.05) is 13.8 Å². The summed E-state index contributed by atoms with van der Waals surface area (Å²) in [6.07, 6.45) is 0. The number of alkyl halides is 2. The van der Waals surface area contributed by atoms with E-state index in [0.717, 1.165) is 5.56 Å². The van der Waals surface area contributed by atoms with Gasteiger partial charge in [0.2, 0.25) is 0 Å². The number of rotatable bonds is 7. The minimum Gasteiger partial charge on any atom is -0.493 e. The van der Waals surface area contributed by atoms with E-state index in [1.165, 1.54) is 25.3 Å². The number of hydrogen-bond donors (Lipinski definition) is 0. The highest BCUT2D eigenvalue weighted by Crippen LogP contribution is 2.30. The van der Waals surface area contributed by atoms with E-state index in [-0.39, 0.29) is 23.4 Å². The molecule has 0 saturated heterocycles. The van der Waals surface area contributed by atoms with Crippen molar-refractivity contribution >= 4 is 5.91 Å². The Morgan fingerprint density at radius 3 is 2.33 bits per heavy atom. The topological polar surface area (TPSA) is 62.6 Å². The molecule has 0 aliphatic carbocycles. The van der Waals surface area contributed by atoms with E-state index >= 15 is 0 Å². The van der Waals surface area contributed by atoms with Crippen molar-refractivity contribution in [3.05, 3.63) is 59.2 Å². The van der Waals surface area contributed by atoms with Crippen LogP contribution in [0.5, 0.6) is 11.5 Å². The second-order valence-corrected chi connectivity index (χ2v) is 6.08. The standard InChI is InChI=1S/C20H20F2N2O3/c1-13(2)24(12-15-6-4-14(11-23)5-7-15)19(25)16-8-9-17(27-20(21)22)18(10-16)26-3/h4-10,13,20H,12H2,1-3H3. The van der Waals surface area contributed by atoms with Crippen molar-refractivity contribution in [1.29, 1.82) is 5.26 Å². The minimum absolute atomic E-state index is 0.0585.